The van der Waals surface area contributed by atoms with E-state index in [-0.39, 0.29) is 10.6 Å². The van der Waals surface area contributed by atoms with Gasteiger partial charge in [-0.2, -0.15) is 0 Å². The molecule has 0 spiro atoms. The Morgan fingerprint density at radius 2 is 1.75 bits per heavy atom. The van der Waals surface area contributed by atoms with Crippen molar-refractivity contribution in [1.82, 2.24) is 5.32 Å². The molecule has 20 heavy (non-hydrogen) atoms. The summed E-state index contributed by atoms with van der Waals surface area (Å²) in [4.78, 5) is 23.4. The van der Waals surface area contributed by atoms with Crippen LogP contribution in [0.2, 0.25) is 5.02 Å². The Morgan fingerprint density at radius 3 is 2.30 bits per heavy atom. The number of carbonyl (C=O) groups excluding carboxylic acids is 1. The number of carboxylic acid groups (broad SMARTS) is 1. The van der Waals surface area contributed by atoms with Gasteiger partial charge in [-0.05, 0) is 25.0 Å². The van der Waals surface area contributed by atoms with Gasteiger partial charge in [-0.25, -0.2) is 13.6 Å². The lowest BCUT2D eigenvalue weighted by Gasteiger charge is -2.25. The number of carboxylic acids is 1. The first-order chi connectivity index (χ1) is 9.35. The highest BCUT2D eigenvalue weighted by Gasteiger charge is 2.43. The molecule has 1 aromatic carbocycles. The van der Waals surface area contributed by atoms with E-state index in [2.05, 4.69) is 5.32 Å². The maximum atomic E-state index is 13.2. The molecule has 1 amide bonds. The van der Waals surface area contributed by atoms with Crippen LogP contribution in [0, 0.1) is 11.6 Å². The summed E-state index contributed by atoms with van der Waals surface area (Å²) >= 11 is 5.69. The summed E-state index contributed by atoms with van der Waals surface area (Å²) in [5.41, 5.74) is -1.64. The van der Waals surface area contributed by atoms with Gasteiger partial charge in [0.25, 0.3) is 5.91 Å². The third-order valence-corrected chi connectivity index (χ3v) is 3.79. The van der Waals surface area contributed by atoms with Crippen LogP contribution < -0.4 is 5.32 Å². The summed E-state index contributed by atoms with van der Waals surface area (Å²) in [6, 6.07) is 1.35. The Balaban J connectivity index is 2.28. The van der Waals surface area contributed by atoms with E-state index < -0.39 is 29.0 Å². The monoisotopic (exact) mass is 303 g/mol. The van der Waals surface area contributed by atoms with E-state index in [1.165, 1.54) is 0 Å². The summed E-state index contributed by atoms with van der Waals surface area (Å²) in [5.74, 6) is -4.34. The molecule has 2 N–H and O–H groups in total. The predicted molar refractivity (Wildman–Crippen MR) is 67.7 cm³/mol. The maximum Gasteiger partial charge on any atom is 0.329 e. The molecule has 0 aromatic heterocycles. The Morgan fingerprint density at radius 1 is 1.20 bits per heavy atom. The van der Waals surface area contributed by atoms with Gasteiger partial charge >= 0.3 is 5.97 Å². The van der Waals surface area contributed by atoms with Gasteiger partial charge in [0, 0.05) is 0 Å². The molecular weight excluding hydrogens is 292 g/mol. The molecule has 4 nitrogen and oxygen atoms in total. The van der Waals surface area contributed by atoms with Crippen LogP contribution >= 0.6 is 11.6 Å². The van der Waals surface area contributed by atoms with E-state index in [9.17, 15) is 23.5 Å². The zero-order valence-electron chi connectivity index (χ0n) is 10.4. The molecule has 0 heterocycles. The molecule has 1 saturated carbocycles. The van der Waals surface area contributed by atoms with E-state index in [0.29, 0.717) is 37.8 Å². The van der Waals surface area contributed by atoms with E-state index in [4.69, 9.17) is 11.6 Å². The summed E-state index contributed by atoms with van der Waals surface area (Å²) in [6.45, 7) is 0. The number of hydrogen-bond donors (Lipinski definition) is 2. The molecule has 7 heteroatoms. The first-order valence-electron chi connectivity index (χ1n) is 6.06. The van der Waals surface area contributed by atoms with Gasteiger partial charge in [0.2, 0.25) is 0 Å². The van der Waals surface area contributed by atoms with Gasteiger partial charge in [0.1, 0.15) is 5.54 Å². The van der Waals surface area contributed by atoms with Crippen LogP contribution in [-0.4, -0.2) is 22.5 Å². The van der Waals surface area contributed by atoms with Gasteiger partial charge in [-0.1, -0.05) is 24.4 Å². The van der Waals surface area contributed by atoms with E-state index in [0.717, 1.165) is 0 Å². The second kappa shape index (κ2) is 5.36. The minimum Gasteiger partial charge on any atom is -0.480 e. The standard InChI is InChI=1S/C13H12ClF2NO3/c14-8-6-10(16)9(15)5-7(8)11(18)17-13(12(19)20)3-1-2-4-13/h5-6H,1-4H2,(H,17,18)(H,19,20). The fraction of sp³-hybridized carbons (Fsp3) is 0.385. The van der Waals surface area contributed by atoms with Gasteiger partial charge in [-0.3, -0.25) is 4.79 Å². The number of halogens is 3. The molecule has 1 fully saturated rings. The van der Waals surface area contributed by atoms with Crippen LogP contribution in [0.5, 0.6) is 0 Å². The molecule has 1 aromatic rings. The molecular formula is C13H12ClF2NO3. The first-order valence-corrected chi connectivity index (χ1v) is 6.44. The number of rotatable bonds is 3. The molecule has 0 radical (unpaired) electrons. The Kier molecular flexibility index (Phi) is 3.94. The van der Waals surface area contributed by atoms with Crippen LogP contribution in [0.1, 0.15) is 36.0 Å². The normalized spacial score (nSPS) is 16.9. The molecule has 0 saturated heterocycles. The zero-order chi connectivity index (χ0) is 14.9. The third-order valence-electron chi connectivity index (χ3n) is 3.47. The molecule has 0 unspecified atom stereocenters. The second-order valence-corrected chi connectivity index (χ2v) is 5.20. The summed E-state index contributed by atoms with van der Waals surface area (Å²) in [5, 5.41) is 11.4. The largest absolute Gasteiger partial charge is 0.480 e. The summed E-state index contributed by atoms with van der Waals surface area (Å²) in [6.07, 6.45) is 1.96. The molecule has 0 atom stereocenters. The van der Waals surface area contributed by atoms with Crippen molar-refractivity contribution in [2.75, 3.05) is 0 Å². The van der Waals surface area contributed by atoms with Crippen molar-refractivity contribution in [3.05, 3.63) is 34.4 Å². The first kappa shape index (κ1) is 14.7. The molecule has 0 aliphatic heterocycles. The van der Waals surface area contributed by atoms with Crippen molar-refractivity contribution in [2.45, 2.75) is 31.2 Å². The lowest BCUT2D eigenvalue weighted by molar-refractivity contribution is -0.144. The van der Waals surface area contributed by atoms with Crippen molar-refractivity contribution >= 4 is 23.5 Å². The Labute approximate surface area is 118 Å². The highest BCUT2D eigenvalue weighted by Crippen LogP contribution is 2.31. The summed E-state index contributed by atoms with van der Waals surface area (Å²) < 4.78 is 26.1. The summed E-state index contributed by atoms with van der Waals surface area (Å²) in [7, 11) is 0. The van der Waals surface area contributed by atoms with Crippen molar-refractivity contribution in [2.24, 2.45) is 0 Å². The quantitative estimate of drug-likeness (QED) is 0.844. The maximum absolute atomic E-state index is 13.2. The van der Waals surface area contributed by atoms with Crippen molar-refractivity contribution in [1.29, 1.82) is 0 Å². The SMILES string of the molecule is O=C(NC1(C(=O)O)CCCC1)c1cc(F)c(F)cc1Cl. The van der Waals surface area contributed by atoms with Crippen molar-refractivity contribution < 1.29 is 23.5 Å². The van der Waals surface area contributed by atoms with Gasteiger partial charge < -0.3 is 10.4 Å². The average Bonchev–Trinajstić information content (AvgIpc) is 2.83. The van der Waals surface area contributed by atoms with Gasteiger partial charge in [0.05, 0.1) is 10.6 Å². The van der Waals surface area contributed by atoms with Crippen LogP contribution in [0.25, 0.3) is 0 Å². The number of carbonyl (C=O) groups is 2. The highest BCUT2D eigenvalue weighted by atomic mass is 35.5. The van der Waals surface area contributed by atoms with Gasteiger partial charge in [0.15, 0.2) is 11.6 Å². The van der Waals surface area contributed by atoms with Crippen molar-refractivity contribution in [3.8, 4) is 0 Å². The fourth-order valence-corrected chi connectivity index (χ4v) is 2.59. The van der Waals surface area contributed by atoms with Crippen LogP contribution in [0.4, 0.5) is 8.78 Å². The number of aliphatic carboxylic acids is 1. The number of hydrogen-bond acceptors (Lipinski definition) is 2. The number of nitrogens with one attached hydrogen (secondary N) is 1. The number of amides is 1. The Hall–Kier alpha value is -1.69. The third kappa shape index (κ3) is 2.60. The average molecular weight is 304 g/mol. The van der Waals surface area contributed by atoms with E-state index >= 15 is 0 Å². The smallest absolute Gasteiger partial charge is 0.329 e. The zero-order valence-corrected chi connectivity index (χ0v) is 11.1. The van der Waals surface area contributed by atoms with Crippen LogP contribution in [0.15, 0.2) is 12.1 Å². The predicted octanol–water partition coefficient (Wildman–Crippen LogP) is 2.75. The topological polar surface area (TPSA) is 66.4 Å². The van der Waals surface area contributed by atoms with E-state index in [1.54, 1.807) is 0 Å². The minimum atomic E-state index is -1.36. The van der Waals surface area contributed by atoms with E-state index in [1.807, 2.05) is 0 Å². The highest BCUT2D eigenvalue weighted by molar-refractivity contribution is 6.33. The molecule has 2 rings (SSSR count). The van der Waals surface area contributed by atoms with Crippen LogP contribution in [0.3, 0.4) is 0 Å². The molecule has 1 aliphatic rings. The molecule has 1 aliphatic carbocycles. The van der Waals surface area contributed by atoms with Crippen molar-refractivity contribution in [3.63, 3.8) is 0 Å². The minimum absolute atomic E-state index is 0.264. The van der Waals surface area contributed by atoms with Crippen LogP contribution in [-0.2, 0) is 4.79 Å². The Bertz CT molecular complexity index is 571. The number of benzene rings is 1. The lowest BCUT2D eigenvalue weighted by Crippen LogP contribution is -2.52. The molecule has 0 bridgehead atoms. The second-order valence-electron chi connectivity index (χ2n) is 4.79. The fourth-order valence-electron chi connectivity index (χ4n) is 2.35. The lowest BCUT2D eigenvalue weighted by atomic mass is 9.97. The molecule has 108 valence electrons. The van der Waals surface area contributed by atoms with Gasteiger partial charge in [-0.15, -0.1) is 0 Å².